The SMILES string of the molecule is COC(=O)C1=CN(Cc2ccc(OC)cc2)C=C(C(=O)OC)C1c1cc(Cl)c(O)c(OC)c1. The quantitative estimate of drug-likeness (QED) is 0.607. The van der Waals surface area contributed by atoms with E-state index in [4.69, 9.17) is 30.5 Å². The molecule has 0 amide bonds. The van der Waals surface area contributed by atoms with Crippen molar-refractivity contribution in [3.63, 3.8) is 0 Å². The second-order valence-corrected chi connectivity index (χ2v) is 7.57. The molecule has 33 heavy (non-hydrogen) atoms. The smallest absolute Gasteiger partial charge is 0.336 e. The molecule has 9 heteroatoms. The van der Waals surface area contributed by atoms with Crippen LogP contribution in [0.15, 0.2) is 59.9 Å². The standard InChI is InChI=1S/C24H24ClNO7/c1-30-16-7-5-14(6-8-16)11-26-12-17(23(28)32-3)21(18(13-26)24(29)33-4)15-9-19(25)22(27)20(10-15)31-2/h5-10,12-13,21,27H,11H2,1-4H3. The Morgan fingerprint density at radius 3 is 2.00 bits per heavy atom. The Morgan fingerprint density at radius 2 is 1.52 bits per heavy atom. The average molecular weight is 474 g/mol. The van der Waals surface area contributed by atoms with E-state index in [2.05, 4.69) is 0 Å². The highest BCUT2D eigenvalue weighted by atomic mass is 35.5. The lowest BCUT2D eigenvalue weighted by Crippen LogP contribution is -2.28. The van der Waals surface area contributed by atoms with Gasteiger partial charge in [0.1, 0.15) is 5.75 Å². The third kappa shape index (κ3) is 5.06. The zero-order valence-corrected chi connectivity index (χ0v) is 19.4. The Morgan fingerprint density at radius 1 is 0.939 bits per heavy atom. The van der Waals surface area contributed by atoms with E-state index in [0.717, 1.165) is 5.56 Å². The number of hydrogen-bond acceptors (Lipinski definition) is 8. The molecule has 0 unspecified atom stereocenters. The summed E-state index contributed by atoms with van der Waals surface area (Å²) in [6.07, 6.45) is 3.22. The Labute approximate surface area is 196 Å². The fourth-order valence-corrected chi connectivity index (χ4v) is 3.82. The first-order chi connectivity index (χ1) is 15.8. The van der Waals surface area contributed by atoms with E-state index in [9.17, 15) is 14.7 Å². The van der Waals surface area contributed by atoms with Crippen molar-refractivity contribution in [3.05, 3.63) is 76.1 Å². The van der Waals surface area contributed by atoms with E-state index in [-0.39, 0.29) is 27.7 Å². The number of rotatable bonds is 7. The maximum Gasteiger partial charge on any atom is 0.336 e. The molecule has 0 fully saturated rings. The molecule has 3 rings (SSSR count). The first kappa shape index (κ1) is 24.0. The highest BCUT2D eigenvalue weighted by molar-refractivity contribution is 6.32. The minimum absolute atomic E-state index is 0.0124. The molecule has 8 nitrogen and oxygen atoms in total. The van der Waals surface area contributed by atoms with Gasteiger partial charge in [-0.25, -0.2) is 9.59 Å². The Bertz CT molecular complexity index is 1070. The number of aromatic hydroxyl groups is 1. The normalized spacial score (nSPS) is 13.7. The number of hydrogen-bond donors (Lipinski definition) is 1. The molecule has 1 N–H and O–H groups in total. The van der Waals surface area contributed by atoms with E-state index >= 15 is 0 Å². The molecule has 1 aliphatic rings. The number of ether oxygens (including phenoxy) is 4. The number of nitrogens with zero attached hydrogens (tertiary/aromatic N) is 1. The van der Waals surface area contributed by atoms with E-state index < -0.39 is 17.9 Å². The molecule has 0 aromatic heterocycles. The van der Waals surface area contributed by atoms with Crippen LogP contribution in [0.3, 0.4) is 0 Å². The van der Waals surface area contributed by atoms with Crippen LogP contribution in [0.4, 0.5) is 0 Å². The monoisotopic (exact) mass is 473 g/mol. The number of phenols is 1. The Hall–Kier alpha value is -3.65. The first-order valence-corrected chi connectivity index (χ1v) is 10.3. The molecule has 174 valence electrons. The van der Waals surface area contributed by atoms with Crippen molar-refractivity contribution in [2.24, 2.45) is 0 Å². The first-order valence-electron chi connectivity index (χ1n) is 9.88. The molecule has 0 radical (unpaired) electrons. The zero-order valence-electron chi connectivity index (χ0n) is 18.6. The summed E-state index contributed by atoms with van der Waals surface area (Å²) in [6, 6.07) is 10.4. The van der Waals surface area contributed by atoms with Crippen LogP contribution >= 0.6 is 11.6 Å². The molecule has 0 aliphatic carbocycles. The van der Waals surface area contributed by atoms with E-state index in [0.29, 0.717) is 17.9 Å². The molecule has 0 saturated carbocycles. The van der Waals surface area contributed by atoms with Gasteiger partial charge in [0.25, 0.3) is 0 Å². The second-order valence-electron chi connectivity index (χ2n) is 7.16. The maximum absolute atomic E-state index is 12.8. The lowest BCUT2D eigenvalue weighted by molar-refractivity contribution is -0.137. The summed E-state index contributed by atoms with van der Waals surface area (Å²) in [4.78, 5) is 27.2. The Kier molecular flexibility index (Phi) is 7.50. The maximum atomic E-state index is 12.8. The van der Waals surface area contributed by atoms with E-state index in [1.54, 1.807) is 24.4 Å². The summed E-state index contributed by atoms with van der Waals surface area (Å²) in [6.45, 7) is 0.372. The summed E-state index contributed by atoms with van der Waals surface area (Å²) in [5, 5.41) is 10.1. The van der Waals surface area contributed by atoms with Crippen LogP contribution in [0.1, 0.15) is 17.0 Å². The summed E-state index contributed by atoms with van der Waals surface area (Å²) < 4.78 is 20.4. The summed E-state index contributed by atoms with van der Waals surface area (Å²) in [5.74, 6) is -1.54. The lowest BCUT2D eigenvalue weighted by Gasteiger charge is -2.30. The van der Waals surface area contributed by atoms with Crippen molar-refractivity contribution < 1.29 is 33.6 Å². The van der Waals surface area contributed by atoms with E-state index in [1.165, 1.54) is 33.5 Å². The van der Waals surface area contributed by atoms with Crippen LogP contribution in [0.2, 0.25) is 5.02 Å². The van der Waals surface area contributed by atoms with Crippen LogP contribution < -0.4 is 9.47 Å². The van der Waals surface area contributed by atoms with Crippen molar-refractivity contribution in [1.29, 1.82) is 0 Å². The Balaban J connectivity index is 2.10. The van der Waals surface area contributed by atoms with Gasteiger partial charge in [0.15, 0.2) is 11.5 Å². The lowest BCUT2D eigenvalue weighted by atomic mass is 9.83. The minimum atomic E-state index is -0.857. The average Bonchev–Trinajstić information content (AvgIpc) is 2.84. The van der Waals surface area contributed by atoms with Crippen molar-refractivity contribution in [1.82, 2.24) is 4.90 Å². The topological polar surface area (TPSA) is 94.5 Å². The summed E-state index contributed by atoms with van der Waals surface area (Å²) in [7, 11) is 5.48. The fourth-order valence-electron chi connectivity index (χ4n) is 3.60. The predicted molar refractivity (Wildman–Crippen MR) is 121 cm³/mol. The summed E-state index contributed by atoms with van der Waals surface area (Å²) in [5.41, 5.74) is 1.76. The molecule has 0 spiro atoms. The van der Waals surface area contributed by atoms with Crippen molar-refractivity contribution in [3.8, 4) is 17.2 Å². The van der Waals surface area contributed by atoms with Gasteiger partial charge in [-0.1, -0.05) is 23.7 Å². The molecule has 2 aromatic rings. The van der Waals surface area contributed by atoms with Gasteiger partial charge in [-0.15, -0.1) is 0 Å². The number of carbonyl (C=O) groups excluding carboxylic acids is 2. The number of methoxy groups -OCH3 is 4. The highest BCUT2D eigenvalue weighted by Crippen LogP contribution is 2.43. The third-order valence-electron chi connectivity index (χ3n) is 5.20. The van der Waals surface area contributed by atoms with Gasteiger partial charge in [0.2, 0.25) is 0 Å². The number of esters is 2. The molecule has 1 aliphatic heterocycles. The van der Waals surface area contributed by atoms with Crippen LogP contribution in [0, 0.1) is 0 Å². The molecule has 0 atom stereocenters. The van der Waals surface area contributed by atoms with Crippen LogP contribution in [-0.4, -0.2) is 50.4 Å². The van der Waals surface area contributed by atoms with Gasteiger partial charge in [-0.2, -0.15) is 0 Å². The van der Waals surface area contributed by atoms with Gasteiger partial charge in [0, 0.05) is 18.9 Å². The number of carbonyl (C=O) groups is 2. The number of halogens is 1. The fraction of sp³-hybridized carbons (Fsp3) is 0.250. The van der Waals surface area contributed by atoms with Crippen molar-refractivity contribution in [2.75, 3.05) is 28.4 Å². The van der Waals surface area contributed by atoms with Gasteiger partial charge in [-0.3, -0.25) is 0 Å². The number of phenolic OH excluding ortho intramolecular Hbond substituents is 1. The second kappa shape index (κ2) is 10.3. The molecule has 2 aromatic carbocycles. The third-order valence-corrected chi connectivity index (χ3v) is 5.49. The molecule has 1 heterocycles. The predicted octanol–water partition coefficient (Wildman–Crippen LogP) is 3.78. The summed E-state index contributed by atoms with van der Waals surface area (Å²) >= 11 is 6.18. The van der Waals surface area contributed by atoms with Gasteiger partial charge in [0.05, 0.1) is 50.5 Å². The van der Waals surface area contributed by atoms with Gasteiger partial charge in [-0.05, 0) is 35.4 Å². The van der Waals surface area contributed by atoms with Crippen LogP contribution in [0.5, 0.6) is 17.2 Å². The number of benzene rings is 2. The van der Waals surface area contributed by atoms with Gasteiger partial charge >= 0.3 is 11.9 Å². The molecule has 0 saturated heterocycles. The van der Waals surface area contributed by atoms with Crippen molar-refractivity contribution in [2.45, 2.75) is 12.5 Å². The van der Waals surface area contributed by atoms with Crippen LogP contribution in [0.25, 0.3) is 0 Å². The van der Waals surface area contributed by atoms with Crippen molar-refractivity contribution >= 4 is 23.5 Å². The molecular formula is C24H24ClNO7. The zero-order chi connectivity index (χ0) is 24.1. The minimum Gasteiger partial charge on any atom is -0.503 e. The highest BCUT2D eigenvalue weighted by Gasteiger charge is 2.36. The molecule has 0 bridgehead atoms. The van der Waals surface area contributed by atoms with Crippen LogP contribution in [-0.2, 0) is 25.6 Å². The van der Waals surface area contributed by atoms with Gasteiger partial charge < -0.3 is 29.0 Å². The van der Waals surface area contributed by atoms with E-state index in [1.807, 2.05) is 24.3 Å². The largest absolute Gasteiger partial charge is 0.503 e. The molecular weight excluding hydrogens is 450 g/mol.